The standard InChI is InChI=1S/C10H15IOSi/c1-8-9(11)4-2-5-10(8)12-6-3-7-13/h2,4-5H,3,6-7H2,1,13H3. The Morgan fingerprint density at radius 1 is 1.46 bits per heavy atom. The molecule has 1 rings (SSSR count). The molecule has 0 aliphatic rings. The van der Waals surface area contributed by atoms with Crippen molar-refractivity contribution in [2.75, 3.05) is 6.61 Å². The van der Waals surface area contributed by atoms with Crippen LogP contribution in [0.1, 0.15) is 12.0 Å². The molecule has 0 aliphatic heterocycles. The molecular weight excluding hydrogens is 291 g/mol. The van der Waals surface area contributed by atoms with Crippen LogP contribution in [0.25, 0.3) is 0 Å². The molecule has 0 aliphatic carbocycles. The van der Waals surface area contributed by atoms with E-state index in [1.807, 2.05) is 12.1 Å². The van der Waals surface area contributed by atoms with Crippen LogP contribution in [0.5, 0.6) is 5.75 Å². The molecule has 0 N–H and O–H groups in total. The highest BCUT2D eigenvalue weighted by Gasteiger charge is 2.01. The zero-order chi connectivity index (χ0) is 9.68. The van der Waals surface area contributed by atoms with Gasteiger partial charge in [0.2, 0.25) is 0 Å². The quantitative estimate of drug-likeness (QED) is 0.470. The number of hydrogen-bond acceptors (Lipinski definition) is 1. The minimum Gasteiger partial charge on any atom is -0.493 e. The van der Waals surface area contributed by atoms with Gasteiger partial charge in [0.25, 0.3) is 0 Å². The Morgan fingerprint density at radius 3 is 2.92 bits per heavy atom. The highest BCUT2D eigenvalue weighted by atomic mass is 127. The van der Waals surface area contributed by atoms with E-state index >= 15 is 0 Å². The van der Waals surface area contributed by atoms with E-state index in [0.29, 0.717) is 0 Å². The zero-order valence-corrected chi connectivity index (χ0v) is 12.3. The lowest BCUT2D eigenvalue weighted by atomic mass is 10.2. The molecule has 0 saturated heterocycles. The summed E-state index contributed by atoms with van der Waals surface area (Å²) in [6.45, 7) is 2.97. The van der Waals surface area contributed by atoms with Gasteiger partial charge >= 0.3 is 0 Å². The van der Waals surface area contributed by atoms with Gasteiger partial charge in [-0.1, -0.05) is 12.1 Å². The molecule has 0 atom stereocenters. The number of ether oxygens (including phenoxy) is 1. The summed E-state index contributed by atoms with van der Waals surface area (Å²) in [6, 6.07) is 7.52. The predicted molar refractivity (Wildman–Crippen MR) is 68.8 cm³/mol. The molecule has 0 amide bonds. The van der Waals surface area contributed by atoms with Crippen LogP contribution in [0.3, 0.4) is 0 Å². The molecule has 1 nitrogen and oxygen atoms in total. The van der Waals surface area contributed by atoms with Crippen LogP contribution < -0.4 is 4.74 Å². The Labute approximate surface area is 96.4 Å². The number of hydrogen-bond donors (Lipinski definition) is 0. The van der Waals surface area contributed by atoms with Gasteiger partial charge in [-0.05, 0) is 48.1 Å². The van der Waals surface area contributed by atoms with Crippen molar-refractivity contribution in [3.63, 3.8) is 0 Å². The van der Waals surface area contributed by atoms with Crippen LogP contribution in [0, 0.1) is 10.5 Å². The summed E-state index contributed by atoms with van der Waals surface area (Å²) in [4.78, 5) is 0. The van der Waals surface area contributed by atoms with E-state index in [1.165, 1.54) is 31.8 Å². The SMILES string of the molecule is Cc1c(I)cccc1OCCC[SiH3]. The lowest BCUT2D eigenvalue weighted by Crippen LogP contribution is -1.99. The fourth-order valence-corrected chi connectivity index (χ4v) is 1.83. The second-order valence-electron chi connectivity index (χ2n) is 3.06. The third-order valence-electron chi connectivity index (χ3n) is 1.97. The Kier molecular flexibility index (Phi) is 4.80. The highest BCUT2D eigenvalue weighted by Crippen LogP contribution is 2.22. The smallest absolute Gasteiger partial charge is 0.123 e. The zero-order valence-electron chi connectivity index (χ0n) is 8.14. The van der Waals surface area contributed by atoms with Crippen LogP contribution >= 0.6 is 22.6 Å². The van der Waals surface area contributed by atoms with E-state index in [2.05, 4.69) is 35.6 Å². The van der Waals surface area contributed by atoms with Crippen LogP contribution in [-0.2, 0) is 0 Å². The molecule has 72 valence electrons. The highest BCUT2D eigenvalue weighted by molar-refractivity contribution is 14.1. The van der Waals surface area contributed by atoms with Crippen molar-refractivity contribution in [2.45, 2.75) is 19.4 Å². The lowest BCUT2D eigenvalue weighted by Gasteiger charge is -2.09. The van der Waals surface area contributed by atoms with Crippen molar-refractivity contribution >= 4 is 32.8 Å². The Bertz CT molecular complexity index is 276. The molecule has 0 saturated carbocycles. The van der Waals surface area contributed by atoms with Gasteiger partial charge in [0.15, 0.2) is 0 Å². The molecular formula is C10H15IOSi. The molecule has 1 aromatic carbocycles. The largest absolute Gasteiger partial charge is 0.493 e. The second kappa shape index (κ2) is 5.65. The normalized spacial score (nSPS) is 10.3. The first-order valence-electron chi connectivity index (χ1n) is 4.63. The van der Waals surface area contributed by atoms with Gasteiger partial charge in [-0.25, -0.2) is 0 Å². The van der Waals surface area contributed by atoms with Crippen molar-refractivity contribution < 1.29 is 4.74 Å². The van der Waals surface area contributed by atoms with Gasteiger partial charge in [-0.2, -0.15) is 0 Å². The fourth-order valence-electron chi connectivity index (χ4n) is 1.07. The molecule has 0 radical (unpaired) electrons. The van der Waals surface area contributed by atoms with Gasteiger partial charge in [0, 0.05) is 19.4 Å². The third kappa shape index (κ3) is 3.30. The Hall–Kier alpha value is -0.0331. The first kappa shape index (κ1) is 11.0. The minimum absolute atomic E-state index is 0.866. The van der Waals surface area contributed by atoms with Crippen molar-refractivity contribution in [3.8, 4) is 5.75 Å². The summed E-state index contributed by atoms with van der Waals surface area (Å²) in [5.41, 5.74) is 1.26. The maximum Gasteiger partial charge on any atom is 0.123 e. The van der Waals surface area contributed by atoms with E-state index in [1.54, 1.807) is 0 Å². The van der Waals surface area contributed by atoms with Crippen molar-refractivity contribution in [1.29, 1.82) is 0 Å². The van der Waals surface area contributed by atoms with Crippen LogP contribution in [0.2, 0.25) is 6.04 Å². The third-order valence-corrected chi connectivity index (χ3v) is 3.85. The summed E-state index contributed by atoms with van der Waals surface area (Å²) < 4.78 is 6.95. The Balaban J connectivity index is 2.61. The van der Waals surface area contributed by atoms with Gasteiger partial charge < -0.3 is 4.74 Å². The molecule has 0 heterocycles. The molecule has 3 heteroatoms. The Morgan fingerprint density at radius 2 is 2.23 bits per heavy atom. The number of rotatable bonds is 4. The van der Waals surface area contributed by atoms with Gasteiger partial charge in [0.05, 0.1) is 6.61 Å². The van der Waals surface area contributed by atoms with Crippen LogP contribution in [0.4, 0.5) is 0 Å². The molecule has 0 unspecified atom stereocenters. The number of benzene rings is 1. The summed E-state index contributed by atoms with van der Waals surface area (Å²) >= 11 is 2.34. The van der Waals surface area contributed by atoms with Crippen molar-refractivity contribution in [1.82, 2.24) is 0 Å². The average molecular weight is 306 g/mol. The average Bonchev–Trinajstić information content (AvgIpc) is 2.13. The summed E-state index contributed by atoms with van der Waals surface area (Å²) in [5, 5.41) is 0. The first-order chi connectivity index (χ1) is 6.25. The van der Waals surface area contributed by atoms with Crippen molar-refractivity contribution in [3.05, 3.63) is 27.3 Å². The van der Waals surface area contributed by atoms with E-state index in [0.717, 1.165) is 12.4 Å². The van der Waals surface area contributed by atoms with Crippen LogP contribution in [-0.4, -0.2) is 16.8 Å². The molecule has 0 fully saturated rings. The maximum absolute atomic E-state index is 5.68. The van der Waals surface area contributed by atoms with Gasteiger partial charge in [-0.3, -0.25) is 0 Å². The molecule has 13 heavy (non-hydrogen) atoms. The predicted octanol–water partition coefficient (Wildman–Crippen LogP) is 2.15. The first-order valence-corrected chi connectivity index (χ1v) is 7.13. The molecule has 0 bridgehead atoms. The van der Waals surface area contributed by atoms with E-state index in [-0.39, 0.29) is 0 Å². The molecule has 0 spiro atoms. The van der Waals surface area contributed by atoms with Crippen LogP contribution in [0.15, 0.2) is 18.2 Å². The second-order valence-corrected chi connectivity index (χ2v) is 5.23. The summed E-state index contributed by atoms with van der Waals surface area (Å²) in [5.74, 6) is 1.04. The summed E-state index contributed by atoms with van der Waals surface area (Å²) in [7, 11) is 1.28. The summed E-state index contributed by atoms with van der Waals surface area (Å²) in [6.07, 6.45) is 1.19. The molecule has 1 aromatic rings. The van der Waals surface area contributed by atoms with E-state index in [9.17, 15) is 0 Å². The monoisotopic (exact) mass is 306 g/mol. The van der Waals surface area contributed by atoms with E-state index in [4.69, 9.17) is 4.74 Å². The molecule has 0 aromatic heterocycles. The number of halogens is 1. The van der Waals surface area contributed by atoms with Gasteiger partial charge in [0.1, 0.15) is 5.75 Å². The lowest BCUT2D eigenvalue weighted by molar-refractivity contribution is 0.315. The maximum atomic E-state index is 5.68. The van der Waals surface area contributed by atoms with Crippen molar-refractivity contribution in [2.24, 2.45) is 0 Å². The topological polar surface area (TPSA) is 9.23 Å². The minimum atomic E-state index is 0.866. The van der Waals surface area contributed by atoms with E-state index < -0.39 is 0 Å². The van der Waals surface area contributed by atoms with Gasteiger partial charge in [-0.15, -0.1) is 0 Å². The fraction of sp³-hybridized carbons (Fsp3) is 0.400.